The van der Waals surface area contributed by atoms with Gasteiger partial charge in [0.15, 0.2) is 0 Å². The monoisotopic (exact) mass is 548 g/mol. The molecular weight excluding hydrogens is 510 g/mol. The molecular formula is C35H39ClF2O. The van der Waals surface area contributed by atoms with Gasteiger partial charge in [-0.05, 0) is 120 Å². The van der Waals surface area contributed by atoms with Crippen molar-refractivity contribution in [1.82, 2.24) is 0 Å². The summed E-state index contributed by atoms with van der Waals surface area (Å²) in [7, 11) is 0. The lowest BCUT2D eigenvalue weighted by molar-refractivity contribution is 0.256. The lowest BCUT2D eigenvalue weighted by Gasteiger charge is -2.28. The van der Waals surface area contributed by atoms with Crippen molar-refractivity contribution < 1.29 is 13.9 Å². The van der Waals surface area contributed by atoms with E-state index in [1.54, 1.807) is 12.1 Å². The van der Waals surface area contributed by atoms with Gasteiger partial charge in [0.05, 0.1) is 11.7 Å². The number of benzene rings is 3. The van der Waals surface area contributed by atoms with Crippen LogP contribution in [0.4, 0.5) is 8.78 Å². The van der Waals surface area contributed by atoms with Crippen LogP contribution < -0.4 is 0 Å². The van der Waals surface area contributed by atoms with Crippen LogP contribution in [0.15, 0.2) is 60.7 Å². The smallest absolute Gasteiger partial charge is 0.124 e. The van der Waals surface area contributed by atoms with E-state index in [0.29, 0.717) is 11.4 Å². The van der Waals surface area contributed by atoms with Crippen molar-refractivity contribution in [2.24, 2.45) is 11.8 Å². The van der Waals surface area contributed by atoms with Crippen LogP contribution in [-0.2, 0) is 12.8 Å². The Balaban J connectivity index is 1.37. The first-order chi connectivity index (χ1) is 19.0. The van der Waals surface area contributed by atoms with Crippen molar-refractivity contribution in [3.05, 3.63) is 99.3 Å². The summed E-state index contributed by atoms with van der Waals surface area (Å²) in [5, 5.41) is 10.8. The summed E-state index contributed by atoms with van der Waals surface area (Å²) in [5.74, 6) is 1.44. The average molecular weight is 549 g/mol. The van der Waals surface area contributed by atoms with Crippen LogP contribution in [0.3, 0.4) is 0 Å². The van der Waals surface area contributed by atoms with Gasteiger partial charge < -0.3 is 5.11 Å². The molecule has 1 saturated carbocycles. The number of allylic oxidation sites excluding steroid dienone is 1. The summed E-state index contributed by atoms with van der Waals surface area (Å²) in [6.07, 6.45) is 13.1. The van der Waals surface area contributed by atoms with Crippen LogP contribution in [-0.4, -0.2) is 11.8 Å². The molecule has 2 aliphatic rings. The highest BCUT2D eigenvalue weighted by Gasteiger charge is 2.24. The zero-order valence-corrected chi connectivity index (χ0v) is 23.5. The van der Waals surface area contributed by atoms with Gasteiger partial charge in [0, 0.05) is 0 Å². The highest BCUT2D eigenvalue weighted by Crippen LogP contribution is 2.43. The van der Waals surface area contributed by atoms with Gasteiger partial charge in [-0.15, -0.1) is 0 Å². The van der Waals surface area contributed by atoms with Crippen molar-refractivity contribution in [1.29, 1.82) is 0 Å². The summed E-state index contributed by atoms with van der Waals surface area (Å²) in [6.45, 7) is -0.181. The van der Waals surface area contributed by atoms with Crippen LogP contribution in [0.1, 0.15) is 92.0 Å². The molecule has 206 valence electrons. The van der Waals surface area contributed by atoms with Crippen molar-refractivity contribution in [2.75, 3.05) is 6.67 Å². The Morgan fingerprint density at radius 3 is 2.31 bits per heavy atom. The van der Waals surface area contributed by atoms with E-state index in [1.807, 2.05) is 12.1 Å². The van der Waals surface area contributed by atoms with Gasteiger partial charge >= 0.3 is 0 Å². The molecule has 0 unspecified atom stereocenters. The Morgan fingerprint density at radius 1 is 0.795 bits per heavy atom. The summed E-state index contributed by atoms with van der Waals surface area (Å²) in [6, 6.07) is 19.2. The third-order valence-electron chi connectivity index (χ3n) is 8.77. The van der Waals surface area contributed by atoms with Crippen molar-refractivity contribution in [3.63, 3.8) is 0 Å². The van der Waals surface area contributed by atoms with E-state index in [0.717, 1.165) is 71.8 Å². The molecule has 0 amide bonds. The van der Waals surface area contributed by atoms with Gasteiger partial charge in [0.1, 0.15) is 11.6 Å². The molecule has 0 radical (unpaired) electrons. The zero-order valence-electron chi connectivity index (χ0n) is 22.7. The molecule has 0 bridgehead atoms. The van der Waals surface area contributed by atoms with Gasteiger partial charge in [-0.1, -0.05) is 80.1 Å². The molecule has 5 rings (SSSR count). The Hall–Kier alpha value is -2.65. The maximum Gasteiger partial charge on any atom is 0.124 e. The summed E-state index contributed by atoms with van der Waals surface area (Å²) >= 11 is 6.57. The minimum absolute atomic E-state index is 0.181. The molecule has 0 atom stereocenters. The van der Waals surface area contributed by atoms with E-state index < -0.39 is 0 Å². The van der Waals surface area contributed by atoms with E-state index in [9.17, 15) is 13.9 Å². The molecule has 0 spiro atoms. The van der Waals surface area contributed by atoms with Gasteiger partial charge in [-0.25, -0.2) is 4.39 Å². The quantitative estimate of drug-likeness (QED) is 0.264. The van der Waals surface area contributed by atoms with E-state index in [4.69, 9.17) is 11.6 Å². The second kappa shape index (κ2) is 13.1. The molecule has 0 aliphatic heterocycles. The number of rotatable bonds is 9. The Labute approximate surface area is 236 Å². The molecule has 3 aromatic rings. The molecule has 3 aromatic carbocycles. The Kier molecular flexibility index (Phi) is 9.40. The van der Waals surface area contributed by atoms with Gasteiger partial charge in [0.25, 0.3) is 0 Å². The fraction of sp³-hybridized carbons (Fsp3) is 0.429. The fourth-order valence-electron chi connectivity index (χ4n) is 6.66. The number of phenols is 1. The van der Waals surface area contributed by atoms with Crippen LogP contribution in [0.2, 0.25) is 5.02 Å². The highest BCUT2D eigenvalue weighted by atomic mass is 35.5. The van der Waals surface area contributed by atoms with Gasteiger partial charge in [-0.2, -0.15) is 0 Å². The SMILES string of the molecule is Oc1ccc2c(c1)C(c1ccc(CC3CCC(CCCCCF)CC3)cc1)=C(c1ccc(F)cc1Cl)CCC2. The lowest BCUT2D eigenvalue weighted by atomic mass is 9.77. The predicted octanol–water partition coefficient (Wildman–Crippen LogP) is 10.4. The normalized spacial score (nSPS) is 19.6. The number of alkyl halides is 1. The largest absolute Gasteiger partial charge is 0.508 e. The lowest BCUT2D eigenvalue weighted by Crippen LogP contribution is -2.16. The fourth-order valence-corrected chi connectivity index (χ4v) is 6.94. The van der Waals surface area contributed by atoms with E-state index >= 15 is 0 Å². The molecule has 39 heavy (non-hydrogen) atoms. The molecule has 0 saturated heterocycles. The molecule has 1 nitrogen and oxygen atoms in total. The zero-order chi connectivity index (χ0) is 27.2. The molecule has 4 heteroatoms. The Bertz CT molecular complexity index is 1290. The number of aromatic hydroxyl groups is 1. The third kappa shape index (κ3) is 6.92. The van der Waals surface area contributed by atoms with Crippen LogP contribution >= 0.6 is 11.6 Å². The van der Waals surface area contributed by atoms with E-state index in [-0.39, 0.29) is 18.2 Å². The first-order valence-corrected chi connectivity index (χ1v) is 15.1. The van der Waals surface area contributed by atoms with E-state index in [2.05, 4.69) is 24.3 Å². The minimum Gasteiger partial charge on any atom is -0.508 e. The molecule has 1 fully saturated rings. The topological polar surface area (TPSA) is 20.2 Å². The summed E-state index contributed by atoms with van der Waals surface area (Å²) in [5.41, 5.74) is 7.72. The summed E-state index contributed by atoms with van der Waals surface area (Å²) in [4.78, 5) is 0. The van der Waals surface area contributed by atoms with Crippen molar-refractivity contribution in [3.8, 4) is 5.75 Å². The standard InChI is InChI=1S/C35H39ClF2O/c36-34-22-29(38)17-19-31(34)32-7-4-6-27-16-18-30(39)23-33(27)35(32)28-14-12-26(13-15-28)21-25-10-8-24(9-11-25)5-2-1-3-20-37/h12-19,22-25,39H,1-11,20-21H2. The summed E-state index contributed by atoms with van der Waals surface area (Å²) < 4.78 is 26.2. The van der Waals surface area contributed by atoms with Crippen LogP contribution in [0, 0.1) is 17.7 Å². The molecule has 1 N–H and O–H groups in total. The van der Waals surface area contributed by atoms with Crippen molar-refractivity contribution >= 4 is 22.7 Å². The Morgan fingerprint density at radius 2 is 1.56 bits per heavy atom. The van der Waals surface area contributed by atoms with Crippen molar-refractivity contribution in [2.45, 2.75) is 77.0 Å². The first kappa shape index (κ1) is 27.9. The van der Waals surface area contributed by atoms with E-state index in [1.165, 1.54) is 61.8 Å². The number of hydrogen-bond acceptors (Lipinski definition) is 1. The van der Waals surface area contributed by atoms with Gasteiger partial charge in [0.2, 0.25) is 0 Å². The van der Waals surface area contributed by atoms with Crippen LogP contribution in [0.5, 0.6) is 5.75 Å². The predicted molar refractivity (Wildman–Crippen MR) is 158 cm³/mol. The second-order valence-corrected chi connectivity index (χ2v) is 11.9. The maximum absolute atomic E-state index is 13.9. The molecule has 0 heterocycles. The van der Waals surface area contributed by atoms with Gasteiger partial charge in [-0.3, -0.25) is 4.39 Å². The number of halogens is 3. The second-order valence-electron chi connectivity index (χ2n) is 11.5. The average Bonchev–Trinajstić information content (AvgIpc) is 3.12. The highest BCUT2D eigenvalue weighted by molar-refractivity contribution is 6.32. The number of unbranched alkanes of at least 4 members (excludes halogenated alkanes) is 2. The number of hydrogen-bond donors (Lipinski definition) is 1. The van der Waals surface area contributed by atoms with Crippen LogP contribution in [0.25, 0.3) is 11.1 Å². The number of aryl methyl sites for hydroxylation is 1. The number of phenolic OH excluding ortho intramolecular Hbond substituents is 1. The molecule has 0 aromatic heterocycles. The first-order valence-electron chi connectivity index (χ1n) is 14.7. The molecule has 2 aliphatic carbocycles. The third-order valence-corrected chi connectivity index (χ3v) is 9.09. The number of fused-ring (bicyclic) bond motifs is 1. The maximum atomic E-state index is 13.9. The minimum atomic E-state index is -0.340.